The summed E-state index contributed by atoms with van der Waals surface area (Å²) < 4.78 is 6.87. The molecule has 1 N–H and O–H groups in total. The normalized spacial score (nSPS) is 13.4. The largest absolute Gasteiger partial charge is 0.493 e. The molecule has 0 aliphatic carbocycles. The Morgan fingerprint density at radius 1 is 1.12 bits per heavy atom. The highest BCUT2D eigenvalue weighted by Crippen LogP contribution is 2.45. The number of rotatable bonds is 7. The van der Waals surface area contributed by atoms with Gasteiger partial charge in [0.2, 0.25) is 5.91 Å². The maximum absolute atomic E-state index is 12.8. The Hall–Kier alpha value is -2.45. The molecule has 2 aromatic carbocycles. The second-order valence-electron chi connectivity index (χ2n) is 7.77. The lowest BCUT2D eigenvalue weighted by molar-refractivity contribution is -0.116. The van der Waals surface area contributed by atoms with Crippen LogP contribution in [0, 0.1) is 0 Å². The van der Waals surface area contributed by atoms with Gasteiger partial charge in [-0.15, -0.1) is 35.1 Å². The number of carbonyl (C=O) groups is 1. The number of nitrogens with one attached hydrogen (secondary N) is 1. The third-order valence-electron chi connectivity index (χ3n) is 5.68. The average Bonchev–Trinajstić information content (AvgIpc) is 3.39. The van der Waals surface area contributed by atoms with Gasteiger partial charge in [-0.1, -0.05) is 37.3 Å². The number of hydrogen-bond donors (Lipinski definition) is 1. The van der Waals surface area contributed by atoms with Crippen LogP contribution in [0.25, 0.3) is 20.8 Å². The van der Waals surface area contributed by atoms with E-state index in [0.29, 0.717) is 13.0 Å². The van der Waals surface area contributed by atoms with Gasteiger partial charge < -0.3 is 10.1 Å². The molecule has 4 aromatic rings. The molecule has 5 rings (SSSR count). The molecule has 8 heteroatoms. The summed E-state index contributed by atoms with van der Waals surface area (Å²) >= 11 is 3.39. The number of anilines is 1. The van der Waals surface area contributed by atoms with Crippen molar-refractivity contribution in [1.82, 2.24) is 9.88 Å². The van der Waals surface area contributed by atoms with Gasteiger partial charge in [-0.2, -0.15) is 0 Å². The molecule has 0 bridgehead atoms. The lowest BCUT2D eigenvalue weighted by Gasteiger charge is -2.25. The minimum atomic E-state index is -0.0331. The molecule has 0 saturated heterocycles. The number of likely N-dealkylation sites (N-methyl/N-ethyl adjacent to an activating group) is 1. The number of aromatic nitrogens is 1. The van der Waals surface area contributed by atoms with Gasteiger partial charge in [-0.3, -0.25) is 9.69 Å². The highest BCUT2D eigenvalue weighted by Gasteiger charge is 2.27. The molecule has 1 aliphatic heterocycles. The summed E-state index contributed by atoms with van der Waals surface area (Å²) in [4.78, 5) is 21.5. The van der Waals surface area contributed by atoms with Crippen LogP contribution in [-0.2, 0) is 17.8 Å². The molecule has 0 spiro atoms. The standard InChI is InChI=1S/C25H25N3O2S2.ClH/c1-2-28-14-12-18-21(16-28)32-25(23(18)24-26-19-10-6-7-11-20(19)31-24)27-22(29)13-15-30-17-8-4-3-5-9-17;/h3-11H,2,12-16H2,1H3,(H,27,29);1H. The van der Waals surface area contributed by atoms with Gasteiger partial charge in [0.1, 0.15) is 15.8 Å². The van der Waals surface area contributed by atoms with E-state index in [1.807, 2.05) is 48.5 Å². The van der Waals surface area contributed by atoms with Gasteiger partial charge in [0.15, 0.2) is 0 Å². The maximum Gasteiger partial charge on any atom is 0.228 e. The number of para-hydroxylation sites is 2. The Bertz CT molecular complexity index is 1210. The third-order valence-corrected chi connectivity index (χ3v) is 7.87. The highest BCUT2D eigenvalue weighted by molar-refractivity contribution is 7.22. The number of nitrogens with zero attached hydrogens (tertiary/aromatic N) is 2. The minimum absolute atomic E-state index is 0. The predicted octanol–water partition coefficient (Wildman–Crippen LogP) is 6.23. The second kappa shape index (κ2) is 10.7. The number of amides is 1. The van der Waals surface area contributed by atoms with E-state index in [9.17, 15) is 4.79 Å². The second-order valence-corrected chi connectivity index (χ2v) is 9.91. The van der Waals surface area contributed by atoms with Gasteiger partial charge in [-0.05, 0) is 42.8 Å². The van der Waals surface area contributed by atoms with E-state index in [0.717, 1.165) is 52.9 Å². The van der Waals surface area contributed by atoms with Gasteiger partial charge in [0.25, 0.3) is 0 Å². The summed E-state index contributed by atoms with van der Waals surface area (Å²) in [5.74, 6) is 0.746. The summed E-state index contributed by atoms with van der Waals surface area (Å²) in [5.41, 5.74) is 3.46. The first-order chi connectivity index (χ1) is 15.7. The molecule has 0 saturated carbocycles. The van der Waals surface area contributed by atoms with Crippen molar-refractivity contribution in [3.05, 3.63) is 65.0 Å². The first-order valence-corrected chi connectivity index (χ1v) is 12.5. The lowest BCUT2D eigenvalue weighted by Crippen LogP contribution is -2.29. The Kier molecular flexibility index (Phi) is 7.65. The molecule has 0 fully saturated rings. The zero-order valence-corrected chi connectivity index (χ0v) is 20.8. The monoisotopic (exact) mass is 499 g/mol. The van der Waals surface area contributed by atoms with E-state index in [1.54, 1.807) is 22.7 Å². The van der Waals surface area contributed by atoms with Crippen molar-refractivity contribution >= 4 is 56.2 Å². The molecule has 0 unspecified atom stereocenters. The van der Waals surface area contributed by atoms with Gasteiger partial charge in [0, 0.05) is 23.5 Å². The van der Waals surface area contributed by atoms with Crippen LogP contribution >= 0.6 is 35.1 Å². The fraction of sp³-hybridized carbons (Fsp3) is 0.280. The zero-order valence-electron chi connectivity index (χ0n) is 18.4. The molecule has 3 heterocycles. The Morgan fingerprint density at radius 3 is 2.70 bits per heavy atom. The highest BCUT2D eigenvalue weighted by atomic mass is 35.5. The van der Waals surface area contributed by atoms with Crippen LogP contribution in [0.4, 0.5) is 5.00 Å². The molecule has 1 amide bonds. The fourth-order valence-corrected chi connectivity index (χ4v) is 6.40. The zero-order chi connectivity index (χ0) is 21.9. The van der Waals surface area contributed by atoms with Crippen molar-refractivity contribution < 1.29 is 9.53 Å². The molecular formula is C25H26ClN3O2S2. The molecular weight excluding hydrogens is 474 g/mol. The topological polar surface area (TPSA) is 54.5 Å². The SMILES string of the molecule is CCN1CCc2c(sc(NC(=O)CCOc3ccccc3)c2-c2nc3ccccc3s2)C1.Cl. The van der Waals surface area contributed by atoms with Gasteiger partial charge in [-0.25, -0.2) is 4.98 Å². The average molecular weight is 500 g/mol. The maximum atomic E-state index is 12.8. The van der Waals surface area contributed by atoms with Crippen molar-refractivity contribution in [2.75, 3.05) is 25.0 Å². The van der Waals surface area contributed by atoms with E-state index in [-0.39, 0.29) is 18.3 Å². The van der Waals surface area contributed by atoms with Crippen LogP contribution in [0.3, 0.4) is 0 Å². The lowest BCUT2D eigenvalue weighted by atomic mass is 10.0. The number of fused-ring (bicyclic) bond motifs is 2. The summed E-state index contributed by atoms with van der Waals surface area (Å²) in [5, 5.41) is 5.08. The number of carbonyl (C=O) groups excluding carboxylic acids is 1. The summed E-state index contributed by atoms with van der Waals surface area (Å²) in [6.07, 6.45) is 1.29. The smallest absolute Gasteiger partial charge is 0.228 e. The van der Waals surface area contributed by atoms with Crippen LogP contribution in [0.2, 0.25) is 0 Å². The van der Waals surface area contributed by atoms with E-state index in [4.69, 9.17) is 9.72 Å². The van der Waals surface area contributed by atoms with E-state index < -0.39 is 0 Å². The first-order valence-electron chi connectivity index (χ1n) is 10.9. The van der Waals surface area contributed by atoms with Crippen LogP contribution in [0.5, 0.6) is 5.75 Å². The van der Waals surface area contributed by atoms with Crippen molar-refractivity contribution in [2.24, 2.45) is 0 Å². The van der Waals surface area contributed by atoms with Crippen LogP contribution in [-0.4, -0.2) is 35.5 Å². The molecule has 0 atom stereocenters. The van der Waals surface area contributed by atoms with Gasteiger partial charge >= 0.3 is 0 Å². The summed E-state index contributed by atoms with van der Waals surface area (Å²) in [6.45, 7) is 5.55. The molecule has 1 aliphatic rings. The summed E-state index contributed by atoms with van der Waals surface area (Å²) in [6, 6.07) is 17.8. The quantitative estimate of drug-likeness (QED) is 0.327. The molecule has 172 valence electrons. The number of hydrogen-bond acceptors (Lipinski definition) is 6. The van der Waals surface area contributed by atoms with E-state index >= 15 is 0 Å². The van der Waals surface area contributed by atoms with Crippen LogP contribution in [0.15, 0.2) is 54.6 Å². The van der Waals surface area contributed by atoms with E-state index in [2.05, 4.69) is 23.2 Å². The van der Waals surface area contributed by atoms with Crippen molar-refractivity contribution in [2.45, 2.75) is 26.3 Å². The number of thiophene rings is 1. The molecule has 5 nitrogen and oxygen atoms in total. The van der Waals surface area contributed by atoms with Crippen LogP contribution < -0.4 is 10.1 Å². The number of benzene rings is 2. The van der Waals surface area contributed by atoms with Crippen molar-refractivity contribution in [3.63, 3.8) is 0 Å². The minimum Gasteiger partial charge on any atom is -0.493 e. The Morgan fingerprint density at radius 2 is 1.91 bits per heavy atom. The van der Waals surface area contributed by atoms with Gasteiger partial charge in [0.05, 0.1) is 23.2 Å². The number of halogens is 1. The molecule has 33 heavy (non-hydrogen) atoms. The van der Waals surface area contributed by atoms with Crippen molar-refractivity contribution in [3.8, 4) is 16.3 Å². The van der Waals surface area contributed by atoms with Crippen LogP contribution in [0.1, 0.15) is 23.8 Å². The number of ether oxygens (including phenoxy) is 1. The van der Waals surface area contributed by atoms with E-state index in [1.165, 1.54) is 15.1 Å². The molecule has 0 radical (unpaired) electrons. The molecule has 2 aromatic heterocycles. The fourth-order valence-electron chi connectivity index (χ4n) is 3.99. The first kappa shape index (κ1) is 23.7. The van der Waals surface area contributed by atoms with Crippen molar-refractivity contribution in [1.29, 1.82) is 0 Å². The number of thiazole rings is 1. The summed E-state index contributed by atoms with van der Waals surface area (Å²) in [7, 11) is 0. The Balaban J connectivity index is 0.00000259. The third kappa shape index (κ3) is 5.22. The predicted molar refractivity (Wildman–Crippen MR) is 140 cm³/mol. The Labute approximate surface area is 207 Å².